The molecular weight excluding hydrogens is 464 g/mol. The van der Waals surface area contributed by atoms with E-state index in [0.29, 0.717) is 18.8 Å². The van der Waals surface area contributed by atoms with Crippen LogP contribution in [0.2, 0.25) is 0 Å². The van der Waals surface area contributed by atoms with Gasteiger partial charge in [-0.3, -0.25) is 10.1 Å². The van der Waals surface area contributed by atoms with Crippen LogP contribution < -0.4 is 0 Å². The molecular formula is C28H46O8. The highest BCUT2D eigenvalue weighted by molar-refractivity contribution is 5.66. The van der Waals surface area contributed by atoms with Crippen molar-refractivity contribution >= 4 is 5.97 Å². The van der Waals surface area contributed by atoms with E-state index in [1.165, 1.54) is 12.5 Å². The smallest absolute Gasteiger partial charge is 0.303 e. The molecule has 3 aliphatic rings. The summed E-state index contributed by atoms with van der Waals surface area (Å²) >= 11 is 0. The Kier molecular flexibility index (Phi) is 8.80. The van der Waals surface area contributed by atoms with E-state index in [4.69, 9.17) is 19.1 Å². The molecule has 0 aromatic heterocycles. The lowest BCUT2D eigenvalue weighted by Gasteiger charge is -2.56. The van der Waals surface area contributed by atoms with Gasteiger partial charge in [-0.15, -0.1) is 6.58 Å². The molecule has 0 spiro atoms. The minimum absolute atomic E-state index is 0.00818. The number of hydrogen-bond acceptors (Lipinski definition) is 8. The third kappa shape index (κ3) is 5.59. The van der Waals surface area contributed by atoms with Gasteiger partial charge >= 0.3 is 5.97 Å². The van der Waals surface area contributed by atoms with Gasteiger partial charge < -0.3 is 24.4 Å². The van der Waals surface area contributed by atoms with Crippen LogP contribution in [0.5, 0.6) is 0 Å². The molecule has 0 bridgehead atoms. The molecule has 1 saturated heterocycles. The Bertz CT molecular complexity index is 852. The van der Waals surface area contributed by atoms with Gasteiger partial charge in [0, 0.05) is 6.92 Å². The topological polar surface area (TPSA) is 115 Å². The number of hydrogen-bond donors (Lipinski definition) is 3. The second-order valence-electron chi connectivity index (χ2n) is 12.2. The first kappa shape index (κ1) is 29.3. The van der Waals surface area contributed by atoms with Gasteiger partial charge in [-0.2, -0.15) is 0 Å². The highest BCUT2D eigenvalue weighted by Crippen LogP contribution is 2.60. The molecule has 206 valence electrons. The Balaban J connectivity index is 1.79. The quantitative estimate of drug-likeness (QED) is 0.189. The molecule has 8 heteroatoms. The van der Waals surface area contributed by atoms with Crippen LogP contribution >= 0.6 is 0 Å². The van der Waals surface area contributed by atoms with Crippen molar-refractivity contribution in [3.05, 3.63) is 23.8 Å². The van der Waals surface area contributed by atoms with Gasteiger partial charge in [0.05, 0.1) is 11.7 Å². The third-order valence-corrected chi connectivity index (χ3v) is 9.22. The minimum atomic E-state index is -1.39. The van der Waals surface area contributed by atoms with E-state index in [0.717, 1.165) is 31.3 Å². The molecule has 3 rings (SSSR count). The molecule has 2 fully saturated rings. The predicted molar refractivity (Wildman–Crippen MR) is 135 cm³/mol. The standard InChI is InChI=1S/C28H46O8/c1-9-27(7,35-25-23(31)22(30)24(17(3)33-25)34-18(4)29)14-11-19-16(2)20(36-32)15-21-26(5,6)12-10-13-28(19,21)8/h9,17,20-25,30-32H,1,10-15H2,2-8H3/t17?,20-,21+,22?,23?,24?,25?,27+,28-/m1/s1. The van der Waals surface area contributed by atoms with E-state index in [-0.39, 0.29) is 16.9 Å². The van der Waals surface area contributed by atoms with Crippen LogP contribution in [0, 0.1) is 16.7 Å². The van der Waals surface area contributed by atoms with E-state index in [9.17, 15) is 20.3 Å². The molecule has 8 nitrogen and oxygen atoms in total. The van der Waals surface area contributed by atoms with Crippen molar-refractivity contribution in [1.29, 1.82) is 0 Å². The minimum Gasteiger partial charge on any atom is -0.457 e. The van der Waals surface area contributed by atoms with Crippen molar-refractivity contribution in [3.63, 3.8) is 0 Å². The van der Waals surface area contributed by atoms with Gasteiger partial charge in [0.25, 0.3) is 0 Å². The number of ether oxygens (including phenoxy) is 3. The van der Waals surface area contributed by atoms with Gasteiger partial charge in [-0.1, -0.05) is 38.8 Å². The zero-order valence-corrected chi connectivity index (χ0v) is 23.0. The first-order valence-electron chi connectivity index (χ1n) is 13.2. The SMILES string of the molecule is C=C[C@@](C)(CCC1=C(C)[C@H](OO)C[C@H]2C(C)(C)CCC[C@]12C)OC1OC(C)C(OC(C)=O)C(O)C1O. The lowest BCUT2D eigenvalue weighted by Crippen LogP contribution is -2.59. The lowest BCUT2D eigenvalue weighted by atomic mass is 9.49. The second-order valence-corrected chi connectivity index (χ2v) is 12.2. The molecule has 1 aliphatic heterocycles. The number of fused-ring (bicyclic) bond motifs is 1. The Morgan fingerprint density at radius 3 is 2.50 bits per heavy atom. The van der Waals surface area contributed by atoms with Crippen molar-refractivity contribution in [2.75, 3.05) is 0 Å². The van der Waals surface area contributed by atoms with Gasteiger partial charge in [-0.25, -0.2) is 4.89 Å². The molecule has 3 N–H and O–H groups in total. The van der Waals surface area contributed by atoms with Crippen molar-refractivity contribution in [3.8, 4) is 0 Å². The van der Waals surface area contributed by atoms with Gasteiger partial charge in [-0.05, 0) is 75.2 Å². The zero-order valence-electron chi connectivity index (χ0n) is 23.0. The third-order valence-electron chi connectivity index (χ3n) is 9.22. The molecule has 1 heterocycles. The molecule has 0 aromatic rings. The van der Waals surface area contributed by atoms with Gasteiger partial charge in [0.15, 0.2) is 12.4 Å². The Labute approximate surface area is 215 Å². The first-order valence-corrected chi connectivity index (χ1v) is 13.2. The number of rotatable bonds is 8. The summed E-state index contributed by atoms with van der Waals surface area (Å²) in [6, 6.07) is 0. The normalized spacial score (nSPS) is 40.2. The summed E-state index contributed by atoms with van der Waals surface area (Å²) in [5, 5.41) is 31.0. The maximum Gasteiger partial charge on any atom is 0.303 e. The number of aliphatic hydroxyl groups excluding tert-OH is 2. The predicted octanol–water partition coefficient (Wildman–Crippen LogP) is 4.54. The second kappa shape index (κ2) is 10.8. The molecule has 2 aliphatic carbocycles. The van der Waals surface area contributed by atoms with Gasteiger partial charge in [0.2, 0.25) is 0 Å². The van der Waals surface area contributed by atoms with Gasteiger partial charge in [0.1, 0.15) is 18.3 Å². The Morgan fingerprint density at radius 2 is 1.92 bits per heavy atom. The van der Waals surface area contributed by atoms with Crippen LogP contribution in [0.25, 0.3) is 0 Å². The lowest BCUT2D eigenvalue weighted by molar-refractivity contribution is -0.314. The summed E-state index contributed by atoms with van der Waals surface area (Å²) in [7, 11) is 0. The van der Waals surface area contributed by atoms with Crippen molar-refractivity contribution in [2.24, 2.45) is 16.7 Å². The van der Waals surface area contributed by atoms with Crippen molar-refractivity contribution in [2.45, 2.75) is 129 Å². The summed E-state index contributed by atoms with van der Waals surface area (Å²) in [4.78, 5) is 16.3. The van der Waals surface area contributed by atoms with Crippen LogP contribution in [0.4, 0.5) is 0 Å². The van der Waals surface area contributed by atoms with E-state index >= 15 is 0 Å². The number of carbonyl (C=O) groups is 1. The molecule has 0 radical (unpaired) electrons. The largest absolute Gasteiger partial charge is 0.457 e. The monoisotopic (exact) mass is 510 g/mol. The van der Waals surface area contributed by atoms with Crippen LogP contribution in [-0.4, -0.2) is 63.9 Å². The number of aliphatic hydroxyl groups is 2. The fourth-order valence-corrected chi connectivity index (χ4v) is 7.01. The summed E-state index contributed by atoms with van der Waals surface area (Å²) in [5.74, 6) is -0.181. The molecule has 0 aromatic carbocycles. The van der Waals surface area contributed by atoms with E-state index in [2.05, 4.69) is 27.4 Å². The Hall–Kier alpha value is -1.29. The van der Waals surface area contributed by atoms with Crippen molar-refractivity contribution < 1.29 is 39.4 Å². The number of esters is 1. The fraction of sp³-hybridized carbons (Fsp3) is 0.821. The van der Waals surface area contributed by atoms with E-state index in [1.807, 2.05) is 13.8 Å². The molecule has 9 atom stereocenters. The maximum atomic E-state index is 11.4. The average Bonchev–Trinajstić information content (AvgIpc) is 2.79. The number of carbonyl (C=O) groups excluding carboxylic acids is 1. The molecule has 0 amide bonds. The van der Waals surface area contributed by atoms with Crippen LogP contribution in [-0.2, 0) is 23.9 Å². The van der Waals surface area contributed by atoms with Crippen molar-refractivity contribution in [1.82, 2.24) is 0 Å². The van der Waals surface area contributed by atoms with Crippen LogP contribution in [0.15, 0.2) is 23.8 Å². The zero-order chi connectivity index (χ0) is 27.1. The van der Waals surface area contributed by atoms with E-state index in [1.54, 1.807) is 13.0 Å². The highest BCUT2D eigenvalue weighted by Gasteiger charge is 2.53. The first-order chi connectivity index (χ1) is 16.7. The van der Waals surface area contributed by atoms with Crippen LogP contribution in [0.1, 0.15) is 87.0 Å². The molecule has 36 heavy (non-hydrogen) atoms. The number of allylic oxidation sites excluding steroid dienone is 1. The summed E-state index contributed by atoms with van der Waals surface area (Å²) in [5.41, 5.74) is 1.62. The van der Waals surface area contributed by atoms with Crippen LogP contribution in [0.3, 0.4) is 0 Å². The summed E-state index contributed by atoms with van der Waals surface area (Å²) < 4.78 is 17.2. The molecule has 5 unspecified atom stereocenters. The molecule has 1 saturated carbocycles. The maximum absolute atomic E-state index is 11.4. The fourth-order valence-electron chi connectivity index (χ4n) is 7.01. The average molecular weight is 511 g/mol. The summed E-state index contributed by atoms with van der Waals surface area (Å²) in [6.45, 7) is 17.8. The highest BCUT2D eigenvalue weighted by atomic mass is 17.1. The van der Waals surface area contributed by atoms with E-state index < -0.39 is 42.3 Å². The Morgan fingerprint density at radius 1 is 1.25 bits per heavy atom. The summed E-state index contributed by atoms with van der Waals surface area (Å²) in [6.07, 6.45) is 1.32.